The van der Waals surface area contributed by atoms with E-state index in [9.17, 15) is 10.1 Å². The van der Waals surface area contributed by atoms with E-state index < -0.39 is 4.92 Å². The van der Waals surface area contributed by atoms with Gasteiger partial charge in [0.2, 0.25) is 0 Å². The van der Waals surface area contributed by atoms with E-state index in [0.717, 1.165) is 0 Å². The molecule has 1 aromatic heterocycles. The van der Waals surface area contributed by atoms with Crippen molar-refractivity contribution in [3.63, 3.8) is 0 Å². The molecule has 3 rings (SSSR count). The highest BCUT2D eigenvalue weighted by atomic mass is 35.5. The maximum Gasteiger partial charge on any atom is 0.303 e. The summed E-state index contributed by atoms with van der Waals surface area (Å²) in [5.41, 5.74) is 0.191. The van der Waals surface area contributed by atoms with Crippen LogP contribution >= 0.6 is 69.6 Å². The number of nitro groups is 1. The molecule has 1 heterocycles. The summed E-state index contributed by atoms with van der Waals surface area (Å²) in [6.07, 6.45) is 1.38. The van der Waals surface area contributed by atoms with Gasteiger partial charge in [-0.3, -0.25) is 10.1 Å². The minimum absolute atomic E-state index is 0.0359. The quantitative estimate of drug-likeness (QED) is 0.279. The fourth-order valence-corrected chi connectivity index (χ4v) is 4.61. The number of benzene rings is 2. The first-order valence-corrected chi connectivity index (χ1v) is 9.40. The summed E-state index contributed by atoms with van der Waals surface area (Å²) < 4.78 is 0. The maximum atomic E-state index is 11.9. The molecule has 0 spiro atoms. The molecule has 0 amide bonds. The fourth-order valence-electron chi connectivity index (χ4n) is 2.59. The molecular weight excluding hydrogens is 477 g/mol. The summed E-state index contributed by atoms with van der Waals surface area (Å²) in [5, 5.41) is 13.0. The van der Waals surface area contributed by atoms with Gasteiger partial charge >= 0.3 is 5.69 Å². The third-order valence-corrected chi connectivity index (χ3v) is 5.26. The number of pyridine rings is 1. The summed E-state index contributed by atoms with van der Waals surface area (Å²) in [6.45, 7) is 0. The van der Waals surface area contributed by atoms with Gasteiger partial charge in [0.1, 0.15) is 0 Å². The minimum Gasteiger partial charge on any atom is -0.258 e. The molecule has 0 bridgehead atoms. The molecule has 0 fully saturated rings. The highest BCUT2D eigenvalue weighted by molar-refractivity contribution is 6.43. The zero-order chi connectivity index (χ0) is 19.9. The van der Waals surface area contributed by atoms with E-state index in [1.807, 2.05) is 0 Å². The van der Waals surface area contributed by atoms with E-state index in [1.165, 1.54) is 36.5 Å². The Labute approximate surface area is 183 Å². The number of hydrogen-bond acceptors (Lipinski definition) is 3. The van der Waals surface area contributed by atoms with Crippen LogP contribution in [0.15, 0.2) is 36.5 Å². The molecule has 0 saturated carbocycles. The lowest BCUT2D eigenvalue weighted by Gasteiger charge is -2.13. The number of halogens is 6. The maximum absolute atomic E-state index is 11.9. The molecular formula is C17H6Cl6N2O2. The summed E-state index contributed by atoms with van der Waals surface area (Å²) in [4.78, 5) is 15.4. The lowest BCUT2D eigenvalue weighted by Crippen LogP contribution is -1.99. The van der Waals surface area contributed by atoms with Crippen LogP contribution in [0.2, 0.25) is 30.1 Å². The first kappa shape index (κ1) is 20.5. The summed E-state index contributed by atoms with van der Waals surface area (Å²) in [5.74, 6) is 0. The molecule has 10 heteroatoms. The van der Waals surface area contributed by atoms with E-state index in [1.54, 1.807) is 0 Å². The van der Waals surface area contributed by atoms with Crippen LogP contribution in [0.4, 0.5) is 5.69 Å². The summed E-state index contributed by atoms with van der Waals surface area (Å²) in [6, 6.07) is 7.16. The van der Waals surface area contributed by atoms with Gasteiger partial charge in [-0.15, -0.1) is 0 Å². The Morgan fingerprint density at radius 3 is 1.67 bits per heavy atom. The molecule has 0 atom stereocenters. The molecule has 3 aromatic rings. The molecule has 0 N–H and O–H groups in total. The van der Waals surface area contributed by atoms with Gasteiger partial charge in [0.05, 0.1) is 30.6 Å². The normalized spacial score (nSPS) is 10.9. The SMILES string of the molecule is O=[N+]([O-])c1c(-c2c(Cl)cc(Cl)cc2Cl)ccnc1-c1c(Cl)cc(Cl)cc1Cl. The van der Waals surface area contributed by atoms with E-state index in [0.29, 0.717) is 5.02 Å². The second-order valence-corrected chi connectivity index (χ2v) is 7.80. The van der Waals surface area contributed by atoms with Crippen LogP contribution in [-0.4, -0.2) is 9.91 Å². The van der Waals surface area contributed by atoms with E-state index in [-0.39, 0.29) is 53.2 Å². The topological polar surface area (TPSA) is 56.0 Å². The first-order chi connectivity index (χ1) is 12.7. The van der Waals surface area contributed by atoms with Gasteiger partial charge in [0.15, 0.2) is 5.69 Å². The number of hydrogen-bond donors (Lipinski definition) is 0. The van der Waals surface area contributed by atoms with E-state index in [2.05, 4.69) is 4.98 Å². The van der Waals surface area contributed by atoms with Crippen molar-refractivity contribution in [1.82, 2.24) is 4.98 Å². The molecule has 138 valence electrons. The third-order valence-electron chi connectivity index (χ3n) is 3.63. The molecule has 0 aliphatic carbocycles. The van der Waals surface area contributed by atoms with Crippen LogP contribution in [0.5, 0.6) is 0 Å². The minimum atomic E-state index is -0.597. The highest BCUT2D eigenvalue weighted by Crippen LogP contribution is 2.47. The van der Waals surface area contributed by atoms with Crippen molar-refractivity contribution in [3.8, 4) is 22.4 Å². The van der Waals surface area contributed by atoms with Crippen molar-refractivity contribution in [1.29, 1.82) is 0 Å². The molecule has 0 saturated heterocycles. The largest absolute Gasteiger partial charge is 0.303 e. The molecule has 4 nitrogen and oxygen atoms in total. The van der Waals surface area contributed by atoms with Crippen LogP contribution in [0.1, 0.15) is 0 Å². The van der Waals surface area contributed by atoms with Crippen LogP contribution in [-0.2, 0) is 0 Å². The van der Waals surface area contributed by atoms with Gasteiger partial charge in [0.25, 0.3) is 0 Å². The smallest absolute Gasteiger partial charge is 0.258 e. The van der Waals surface area contributed by atoms with E-state index >= 15 is 0 Å². The van der Waals surface area contributed by atoms with Gasteiger partial charge in [0, 0.05) is 27.4 Å². The van der Waals surface area contributed by atoms with Gasteiger partial charge in [-0.05, 0) is 30.3 Å². The Hall–Kier alpha value is -1.27. The Balaban J connectivity index is 2.39. The Morgan fingerprint density at radius 2 is 1.22 bits per heavy atom. The highest BCUT2D eigenvalue weighted by Gasteiger charge is 2.28. The lowest BCUT2D eigenvalue weighted by molar-refractivity contribution is -0.383. The van der Waals surface area contributed by atoms with Crippen molar-refractivity contribution in [2.75, 3.05) is 0 Å². The molecule has 0 unspecified atom stereocenters. The van der Waals surface area contributed by atoms with Crippen molar-refractivity contribution in [2.45, 2.75) is 0 Å². The average Bonchev–Trinajstić information content (AvgIpc) is 2.52. The second kappa shape index (κ2) is 8.00. The van der Waals surface area contributed by atoms with Crippen molar-refractivity contribution < 1.29 is 4.92 Å². The predicted molar refractivity (Wildman–Crippen MR) is 112 cm³/mol. The zero-order valence-corrected chi connectivity index (χ0v) is 17.5. The standard InChI is InChI=1S/C17H6Cl6N2O2/c18-7-3-10(20)14(11(21)4-7)9-1-2-24-16(17(9)25(26)27)15-12(22)5-8(19)6-13(15)23/h1-6H. The van der Waals surface area contributed by atoms with E-state index in [4.69, 9.17) is 69.6 Å². The van der Waals surface area contributed by atoms with Crippen LogP contribution in [0.25, 0.3) is 22.4 Å². The fraction of sp³-hybridized carbons (Fsp3) is 0. The number of aromatic nitrogens is 1. The van der Waals surface area contributed by atoms with Crippen LogP contribution < -0.4 is 0 Å². The monoisotopic (exact) mass is 480 g/mol. The summed E-state index contributed by atoms with van der Waals surface area (Å²) >= 11 is 36.8. The molecule has 0 aliphatic heterocycles. The predicted octanol–water partition coefficient (Wildman–Crippen LogP) is 8.24. The van der Waals surface area contributed by atoms with Gasteiger partial charge in [-0.1, -0.05) is 69.6 Å². The number of rotatable bonds is 3. The molecule has 27 heavy (non-hydrogen) atoms. The van der Waals surface area contributed by atoms with Crippen LogP contribution in [0, 0.1) is 10.1 Å². The first-order valence-electron chi connectivity index (χ1n) is 7.14. The van der Waals surface area contributed by atoms with Gasteiger partial charge < -0.3 is 0 Å². The zero-order valence-electron chi connectivity index (χ0n) is 12.9. The molecule has 0 radical (unpaired) electrons. The van der Waals surface area contributed by atoms with Crippen molar-refractivity contribution in [3.05, 3.63) is 76.8 Å². The van der Waals surface area contributed by atoms with Crippen molar-refractivity contribution >= 4 is 75.3 Å². The molecule has 2 aromatic carbocycles. The second-order valence-electron chi connectivity index (χ2n) is 5.30. The third kappa shape index (κ3) is 3.97. The number of nitrogens with zero attached hydrogens (tertiary/aromatic N) is 2. The Kier molecular flexibility index (Phi) is 6.06. The van der Waals surface area contributed by atoms with Crippen molar-refractivity contribution in [2.24, 2.45) is 0 Å². The molecule has 0 aliphatic rings. The lowest BCUT2D eigenvalue weighted by atomic mass is 10.0. The summed E-state index contributed by atoms with van der Waals surface area (Å²) in [7, 11) is 0. The van der Waals surface area contributed by atoms with Crippen LogP contribution in [0.3, 0.4) is 0 Å². The van der Waals surface area contributed by atoms with Gasteiger partial charge in [-0.2, -0.15) is 0 Å². The Morgan fingerprint density at radius 1 is 0.778 bits per heavy atom. The average molecular weight is 483 g/mol. The van der Waals surface area contributed by atoms with Gasteiger partial charge in [-0.25, -0.2) is 4.98 Å². The Bertz CT molecular complexity index is 965.